The van der Waals surface area contributed by atoms with E-state index in [1.807, 2.05) is 4.90 Å². The molecular formula is C51H63F3N6O6. The van der Waals surface area contributed by atoms with E-state index < -0.39 is 42.2 Å². The van der Waals surface area contributed by atoms with Crippen molar-refractivity contribution in [3.05, 3.63) is 47.7 Å². The van der Waals surface area contributed by atoms with Gasteiger partial charge in [-0.15, -0.1) is 6.42 Å². The van der Waals surface area contributed by atoms with E-state index in [0.717, 1.165) is 38.6 Å². The molecule has 0 unspecified atom stereocenters. The highest BCUT2D eigenvalue weighted by molar-refractivity contribution is 6.03. The van der Waals surface area contributed by atoms with E-state index in [1.165, 1.54) is 94.7 Å². The molecule has 2 aromatic carbocycles. The number of carbonyl (C=O) groups is 2. The van der Waals surface area contributed by atoms with Crippen LogP contribution in [0.5, 0.6) is 11.8 Å². The van der Waals surface area contributed by atoms with Crippen LogP contribution in [0.25, 0.3) is 32.9 Å². The number of phenolic OH excluding ortho intramolecular Hbond substituents is 1. The third-order valence-corrected chi connectivity index (χ3v) is 14.2. The molecule has 4 fully saturated rings. The number of esters is 1. The summed E-state index contributed by atoms with van der Waals surface area (Å²) in [6.07, 6.45) is 25.0. The minimum Gasteiger partial charge on any atom is -0.508 e. The third-order valence-electron chi connectivity index (χ3n) is 14.2. The highest BCUT2D eigenvalue weighted by atomic mass is 19.1. The number of phenols is 1. The number of carbonyl (C=O) groups excluding carboxylic acids is 2. The largest absolute Gasteiger partial charge is 0.508 e. The molecule has 6 heterocycles. The first-order valence-electron chi connectivity index (χ1n) is 24.2. The smallest absolute Gasteiger partial charge is 0.413 e. The number of aromatic hydroxyl groups is 1. The standard InChI is InChI=1S/C51H63F3N6O6/c1-3-5-6-7-8-9-10-11-12-13-14-15-16-18-43(62)65-33-66-50(63)60-36-20-21-37(60)31-58(30-36)48-41-28-55-46(40-26-38(61)25-34-19-22-42(53)39(4-2)44(34)40)45(54)47(41)56-49(57-48)64-32-51-23-17-24-59(51)29-35(52)27-51/h2,19,22,25-26,28,35-37,61H,3,5-18,20-21,23-24,27,29-33H2,1H3/t35-,36+,37+,51+/m1/s1. The van der Waals surface area contributed by atoms with E-state index in [2.05, 4.69) is 27.7 Å². The number of fused-ring (bicyclic) bond motifs is 5. The second-order valence-corrected chi connectivity index (χ2v) is 18.8. The molecule has 66 heavy (non-hydrogen) atoms. The van der Waals surface area contributed by atoms with Crippen molar-refractivity contribution in [1.82, 2.24) is 24.8 Å². The lowest BCUT2D eigenvalue weighted by molar-refractivity contribution is -0.152. The highest BCUT2D eigenvalue weighted by Gasteiger charge is 2.50. The fraction of sp³-hybridized carbons (Fsp3) is 0.588. The van der Waals surface area contributed by atoms with Gasteiger partial charge in [-0.1, -0.05) is 96.0 Å². The molecule has 4 aliphatic rings. The van der Waals surface area contributed by atoms with Crippen LogP contribution in [0.1, 0.15) is 134 Å². The molecule has 12 nitrogen and oxygen atoms in total. The van der Waals surface area contributed by atoms with Crippen LogP contribution in [0, 0.1) is 24.0 Å². The quantitative estimate of drug-likeness (QED) is 0.0371. The summed E-state index contributed by atoms with van der Waals surface area (Å²) >= 11 is 0. The minimum absolute atomic E-state index is 0.0790. The summed E-state index contributed by atoms with van der Waals surface area (Å²) in [4.78, 5) is 45.6. The van der Waals surface area contributed by atoms with E-state index >= 15 is 8.78 Å². The maximum Gasteiger partial charge on any atom is 0.413 e. The number of unbranched alkanes of at least 4 members (excludes halogenated alkanes) is 12. The van der Waals surface area contributed by atoms with E-state index in [9.17, 15) is 19.1 Å². The Labute approximate surface area is 385 Å². The topological polar surface area (TPSA) is 130 Å². The molecule has 1 amide bonds. The van der Waals surface area contributed by atoms with Crippen molar-refractivity contribution < 1.29 is 42.1 Å². The Morgan fingerprint density at radius 2 is 1.62 bits per heavy atom. The zero-order chi connectivity index (χ0) is 46.2. The monoisotopic (exact) mass is 912 g/mol. The summed E-state index contributed by atoms with van der Waals surface area (Å²) in [7, 11) is 0. The van der Waals surface area contributed by atoms with Gasteiger partial charge >= 0.3 is 18.1 Å². The van der Waals surface area contributed by atoms with Crippen LogP contribution >= 0.6 is 0 Å². The summed E-state index contributed by atoms with van der Waals surface area (Å²) in [5.74, 6) is 0.574. The van der Waals surface area contributed by atoms with Gasteiger partial charge in [0.25, 0.3) is 0 Å². The fourth-order valence-electron chi connectivity index (χ4n) is 10.9. The molecule has 0 aliphatic carbocycles. The minimum atomic E-state index is -0.984. The van der Waals surface area contributed by atoms with Crippen molar-refractivity contribution in [2.45, 2.75) is 153 Å². The number of pyridine rings is 1. The Balaban J connectivity index is 0.925. The number of nitrogens with zero attached hydrogens (tertiary/aromatic N) is 6. The number of hydrogen-bond acceptors (Lipinski definition) is 11. The SMILES string of the molecule is C#Cc1c(F)ccc2cc(O)cc(-c3ncc4c(N5C[C@@H]6CC[C@@H](C5)N6C(=O)OCOC(=O)CCCCCCCCCCCCCCC)nc(OC[C@@]56CCCN5C[C@H](F)C6)nc4c3F)c12. The van der Waals surface area contributed by atoms with Crippen LogP contribution in [0.2, 0.25) is 0 Å². The van der Waals surface area contributed by atoms with Crippen LogP contribution in [-0.2, 0) is 14.3 Å². The van der Waals surface area contributed by atoms with Crippen molar-refractivity contribution in [2.75, 3.05) is 44.5 Å². The summed E-state index contributed by atoms with van der Waals surface area (Å²) in [5, 5.41) is 11.6. The second kappa shape index (κ2) is 21.5. The molecule has 0 radical (unpaired) electrons. The Kier molecular flexibility index (Phi) is 15.4. The van der Waals surface area contributed by atoms with E-state index in [4.69, 9.17) is 25.6 Å². The molecule has 0 saturated carbocycles. The molecule has 1 N–H and O–H groups in total. The number of halogens is 3. The number of piperazine rings is 1. The van der Waals surface area contributed by atoms with Gasteiger partial charge in [0.05, 0.1) is 28.6 Å². The van der Waals surface area contributed by atoms with Crippen molar-refractivity contribution in [1.29, 1.82) is 0 Å². The van der Waals surface area contributed by atoms with Crippen LogP contribution in [-0.4, -0.2) is 105 Å². The van der Waals surface area contributed by atoms with Gasteiger partial charge in [-0.3, -0.25) is 19.6 Å². The Morgan fingerprint density at radius 1 is 0.924 bits per heavy atom. The first kappa shape index (κ1) is 47.1. The van der Waals surface area contributed by atoms with Gasteiger partial charge in [0.2, 0.25) is 6.79 Å². The number of alkyl halides is 1. The molecule has 2 aromatic heterocycles. The van der Waals surface area contributed by atoms with E-state index in [-0.39, 0.29) is 70.0 Å². The number of terminal acetylenes is 1. The van der Waals surface area contributed by atoms with Gasteiger partial charge in [-0.25, -0.2) is 18.0 Å². The van der Waals surface area contributed by atoms with Gasteiger partial charge < -0.3 is 24.2 Å². The molecule has 8 rings (SSSR count). The van der Waals surface area contributed by atoms with Crippen molar-refractivity contribution in [3.8, 4) is 35.4 Å². The molecule has 4 saturated heterocycles. The van der Waals surface area contributed by atoms with Crippen molar-refractivity contribution in [3.63, 3.8) is 0 Å². The van der Waals surface area contributed by atoms with Crippen LogP contribution in [0.15, 0.2) is 30.5 Å². The van der Waals surface area contributed by atoms with Crippen molar-refractivity contribution >= 4 is 39.6 Å². The maximum atomic E-state index is 17.2. The Morgan fingerprint density at radius 3 is 2.32 bits per heavy atom. The van der Waals surface area contributed by atoms with Gasteiger partial charge in [0.15, 0.2) is 5.82 Å². The summed E-state index contributed by atoms with van der Waals surface area (Å²) < 4.78 is 64.0. The predicted octanol–water partition coefficient (Wildman–Crippen LogP) is 10.5. The first-order chi connectivity index (χ1) is 32.1. The number of anilines is 1. The van der Waals surface area contributed by atoms with Gasteiger partial charge in [-0.2, -0.15) is 9.97 Å². The predicted molar refractivity (Wildman–Crippen MR) is 247 cm³/mol. The summed E-state index contributed by atoms with van der Waals surface area (Å²) in [6.45, 7) is 3.61. The lowest BCUT2D eigenvalue weighted by Gasteiger charge is -2.41. The fourth-order valence-corrected chi connectivity index (χ4v) is 10.9. The van der Waals surface area contributed by atoms with Crippen LogP contribution in [0.4, 0.5) is 23.8 Å². The number of hydrogen-bond donors (Lipinski definition) is 1. The molecule has 4 aromatic rings. The number of amides is 1. The Hall–Kier alpha value is -5.36. The van der Waals surface area contributed by atoms with E-state index in [0.29, 0.717) is 50.1 Å². The van der Waals surface area contributed by atoms with E-state index in [1.54, 1.807) is 4.90 Å². The summed E-state index contributed by atoms with van der Waals surface area (Å²) in [5.41, 5.74) is -0.887. The Bertz CT molecular complexity index is 2400. The molecule has 2 bridgehead atoms. The molecule has 4 atom stereocenters. The molecule has 354 valence electrons. The zero-order valence-electron chi connectivity index (χ0n) is 38.2. The summed E-state index contributed by atoms with van der Waals surface area (Å²) in [6, 6.07) is 4.67. The molecular weight excluding hydrogens is 850 g/mol. The van der Waals surface area contributed by atoms with Gasteiger partial charge in [-0.05, 0) is 62.2 Å². The first-order valence-corrected chi connectivity index (χ1v) is 24.2. The number of benzene rings is 2. The highest BCUT2D eigenvalue weighted by Crippen LogP contribution is 2.43. The average molecular weight is 913 g/mol. The van der Waals surface area contributed by atoms with Crippen LogP contribution < -0.4 is 9.64 Å². The third kappa shape index (κ3) is 10.4. The molecule has 15 heteroatoms. The maximum absolute atomic E-state index is 17.2. The zero-order valence-corrected chi connectivity index (χ0v) is 38.2. The van der Waals surface area contributed by atoms with Gasteiger partial charge in [0.1, 0.15) is 41.4 Å². The van der Waals surface area contributed by atoms with Crippen LogP contribution in [0.3, 0.4) is 0 Å². The lowest BCUT2D eigenvalue weighted by Crippen LogP contribution is -2.56. The molecule has 4 aliphatic heterocycles. The van der Waals surface area contributed by atoms with Gasteiger partial charge in [0, 0.05) is 49.6 Å². The molecule has 0 spiro atoms. The second-order valence-electron chi connectivity index (χ2n) is 18.8. The number of aromatic nitrogens is 3. The lowest BCUT2D eigenvalue weighted by atomic mass is 9.95. The van der Waals surface area contributed by atoms with Crippen molar-refractivity contribution in [2.24, 2.45) is 0 Å². The number of rotatable bonds is 21. The average Bonchev–Trinajstić information content (AvgIpc) is 3.93. The number of ether oxygens (including phenoxy) is 3. The normalized spacial score (nSPS) is 21.4.